The van der Waals surface area contributed by atoms with E-state index in [0.29, 0.717) is 13.2 Å². The molecule has 0 fully saturated rings. The maximum absolute atomic E-state index is 6.42. The van der Waals surface area contributed by atoms with Gasteiger partial charge in [0.15, 0.2) is 0 Å². The van der Waals surface area contributed by atoms with Gasteiger partial charge in [0.05, 0.1) is 12.6 Å². The molecule has 0 saturated heterocycles. The first-order valence-corrected chi connectivity index (χ1v) is 7.41. The van der Waals surface area contributed by atoms with Crippen molar-refractivity contribution in [2.75, 3.05) is 13.2 Å². The highest BCUT2D eigenvalue weighted by atomic mass is 16.5. The van der Waals surface area contributed by atoms with Crippen LogP contribution in [-0.4, -0.2) is 13.2 Å². The lowest BCUT2D eigenvalue weighted by atomic mass is 9.96. The summed E-state index contributed by atoms with van der Waals surface area (Å²) in [5, 5.41) is 0. The summed E-state index contributed by atoms with van der Waals surface area (Å²) in [7, 11) is 0. The van der Waals surface area contributed by atoms with E-state index in [2.05, 4.69) is 12.1 Å². The highest BCUT2D eigenvalue weighted by Crippen LogP contribution is 2.30. The summed E-state index contributed by atoms with van der Waals surface area (Å²) in [5.74, 6) is 0.862. The van der Waals surface area contributed by atoms with Gasteiger partial charge < -0.3 is 15.2 Å². The van der Waals surface area contributed by atoms with E-state index in [-0.39, 0.29) is 12.1 Å². The first-order valence-electron chi connectivity index (χ1n) is 7.41. The third-order valence-electron chi connectivity index (χ3n) is 3.38. The monoisotopic (exact) mass is 285 g/mol. The molecule has 0 radical (unpaired) electrons. The minimum absolute atomic E-state index is 0.144. The van der Waals surface area contributed by atoms with Crippen LogP contribution in [0.2, 0.25) is 0 Å². The molecule has 0 amide bonds. The normalized spacial score (nSPS) is 13.7. The summed E-state index contributed by atoms with van der Waals surface area (Å²) in [4.78, 5) is 0. The van der Waals surface area contributed by atoms with Gasteiger partial charge in [0.25, 0.3) is 0 Å². The molecule has 3 heteroatoms. The molecule has 2 aromatic rings. The number of hydrogen-bond donors (Lipinski definition) is 1. The maximum atomic E-state index is 6.42. The van der Waals surface area contributed by atoms with E-state index in [1.54, 1.807) is 0 Å². The van der Waals surface area contributed by atoms with Gasteiger partial charge in [-0.05, 0) is 37.1 Å². The van der Waals surface area contributed by atoms with Crippen LogP contribution in [0.1, 0.15) is 37.1 Å². The predicted molar refractivity (Wildman–Crippen MR) is 85.3 cm³/mol. The molecule has 2 N–H and O–H groups in total. The SMILES string of the molecule is CCOc1ccc(C(N)C(OCC)c2ccccc2)cc1. The van der Waals surface area contributed by atoms with Crippen LogP contribution in [0, 0.1) is 0 Å². The molecular weight excluding hydrogens is 262 g/mol. The lowest BCUT2D eigenvalue weighted by molar-refractivity contribution is 0.0429. The second-order valence-electron chi connectivity index (χ2n) is 4.81. The van der Waals surface area contributed by atoms with Crippen molar-refractivity contribution in [2.24, 2.45) is 5.73 Å². The van der Waals surface area contributed by atoms with Gasteiger partial charge in [-0.2, -0.15) is 0 Å². The largest absolute Gasteiger partial charge is 0.494 e. The molecule has 0 aliphatic carbocycles. The molecular formula is C18H23NO2. The smallest absolute Gasteiger partial charge is 0.119 e. The standard InChI is InChI=1S/C18H23NO2/c1-3-20-16-12-10-14(11-13-16)17(19)18(21-4-2)15-8-6-5-7-9-15/h5-13,17-18H,3-4,19H2,1-2H3. The van der Waals surface area contributed by atoms with Crippen molar-refractivity contribution < 1.29 is 9.47 Å². The summed E-state index contributed by atoms with van der Waals surface area (Å²) < 4.78 is 11.3. The minimum atomic E-state index is -0.206. The molecule has 0 heterocycles. The van der Waals surface area contributed by atoms with Crippen molar-refractivity contribution in [3.8, 4) is 5.75 Å². The summed E-state index contributed by atoms with van der Waals surface area (Å²) in [6, 6.07) is 17.8. The van der Waals surface area contributed by atoms with Crippen LogP contribution in [0.3, 0.4) is 0 Å². The van der Waals surface area contributed by atoms with Crippen molar-refractivity contribution in [1.29, 1.82) is 0 Å². The summed E-state index contributed by atoms with van der Waals surface area (Å²) in [6.45, 7) is 5.25. The summed E-state index contributed by atoms with van der Waals surface area (Å²) in [5.41, 5.74) is 8.56. The Morgan fingerprint density at radius 2 is 1.52 bits per heavy atom. The van der Waals surface area contributed by atoms with E-state index in [1.165, 1.54) is 0 Å². The molecule has 112 valence electrons. The Balaban J connectivity index is 2.19. The molecule has 0 spiro atoms. The first-order chi connectivity index (χ1) is 10.3. The maximum Gasteiger partial charge on any atom is 0.119 e. The molecule has 3 nitrogen and oxygen atoms in total. The van der Waals surface area contributed by atoms with Gasteiger partial charge in [0, 0.05) is 6.61 Å². The molecule has 2 rings (SSSR count). The average molecular weight is 285 g/mol. The molecule has 0 bridgehead atoms. The van der Waals surface area contributed by atoms with Crippen LogP contribution >= 0.6 is 0 Å². The van der Waals surface area contributed by atoms with Crippen molar-refractivity contribution >= 4 is 0 Å². The lowest BCUT2D eigenvalue weighted by Gasteiger charge is -2.24. The van der Waals surface area contributed by atoms with Crippen molar-refractivity contribution in [2.45, 2.75) is 26.0 Å². The fraction of sp³-hybridized carbons (Fsp3) is 0.333. The van der Waals surface area contributed by atoms with Gasteiger partial charge in [0.1, 0.15) is 11.9 Å². The van der Waals surface area contributed by atoms with E-state index in [9.17, 15) is 0 Å². The Labute approximate surface area is 126 Å². The van der Waals surface area contributed by atoms with Gasteiger partial charge in [0.2, 0.25) is 0 Å². The Kier molecular flexibility index (Phi) is 5.78. The van der Waals surface area contributed by atoms with Crippen LogP contribution in [0.4, 0.5) is 0 Å². The third-order valence-corrected chi connectivity index (χ3v) is 3.38. The molecule has 21 heavy (non-hydrogen) atoms. The van der Waals surface area contributed by atoms with Crippen LogP contribution in [0.5, 0.6) is 5.75 Å². The van der Waals surface area contributed by atoms with E-state index in [4.69, 9.17) is 15.2 Å². The van der Waals surface area contributed by atoms with E-state index in [0.717, 1.165) is 16.9 Å². The fourth-order valence-electron chi connectivity index (χ4n) is 2.36. The van der Waals surface area contributed by atoms with Gasteiger partial charge in [-0.1, -0.05) is 42.5 Å². The Hall–Kier alpha value is -1.84. The molecule has 0 aliphatic heterocycles. The topological polar surface area (TPSA) is 44.5 Å². The number of hydrogen-bond acceptors (Lipinski definition) is 3. The Morgan fingerprint density at radius 1 is 0.857 bits per heavy atom. The zero-order chi connectivity index (χ0) is 15.1. The highest BCUT2D eigenvalue weighted by Gasteiger charge is 2.21. The second-order valence-corrected chi connectivity index (χ2v) is 4.81. The molecule has 0 aromatic heterocycles. The quantitative estimate of drug-likeness (QED) is 0.840. The number of rotatable bonds is 7. The van der Waals surface area contributed by atoms with Crippen LogP contribution in [0.25, 0.3) is 0 Å². The van der Waals surface area contributed by atoms with Gasteiger partial charge in [-0.25, -0.2) is 0 Å². The van der Waals surface area contributed by atoms with E-state index in [1.807, 2.05) is 56.3 Å². The van der Waals surface area contributed by atoms with Crippen molar-refractivity contribution in [1.82, 2.24) is 0 Å². The van der Waals surface area contributed by atoms with E-state index < -0.39 is 0 Å². The van der Waals surface area contributed by atoms with Crippen LogP contribution in [0.15, 0.2) is 54.6 Å². The molecule has 2 unspecified atom stereocenters. The van der Waals surface area contributed by atoms with Crippen LogP contribution in [-0.2, 0) is 4.74 Å². The summed E-state index contributed by atoms with van der Waals surface area (Å²) >= 11 is 0. The second kappa shape index (κ2) is 7.81. The number of ether oxygens (including phenoxy) is 2. The third kappa shape index (κ3) is 4.06. The molecule has 2 aromatic carbocycles. The van der Waals surface area contributed by atoms with Crippen molar-refractivity contribution in [3.05, 3.63) is 65.7 Å². The highest BCUT2D eigenvalue weighted by molar-refractivity contribution is 5.31. The summed E-state index contributed by atoms with van der Waals surface area (Å²) in [6.07, 6.45) is -0.144. The minimum Gasteiger partial charge on any atom is -0.494 e. The average Bonchev–Trinajstić information content (AvgIpc) is 2.54. The van der Waals surface area contributed by atoms with Crippen molar-refractivity contribution in [3.63, 3.8) is 0 Å². The predicted octanol–water partition coefficient (Wildman–Crippen LogP) is 3.86. The number of benzene rings is 2. The fourth-order valence-corrected chi connectivity index (χ4v) is 2.36. The Bertz CT molecular complexity index is 525. The zero-order valence-electron chi connectivity index (χ0n) is 12.7. The number of nitrogens with two attached hydrogens (primary N) is 1. The first kappa shape index (κ1) is 15.5. The van der Waals surface area contributed by atoms with E-state index >= 15 is 0 Å². The molecule has 0 saturated carbocycles. The van der Waals surface area contributed by atoms with Gasteiger partial charge in [-0.3, -0.25) is 0 Å². The van der Waals surface area contributed by atoms with Gasteiger partial charge >= 0.3 is 0 Å². The Morgan fingerprint density at radius 3 is 2.10 bits per heavy atom. The van der Waals surface area contributed by atoms with Gasteiger partial charge in [-0.15, -0.1) is 0 Å². The molecule has 2 atom stereocenters. The molecule has 0 aliphatic rings. The lowest BCUT2D eigenvalue weighted by Crippen LogP contribution is -2.22. The van der Waals surface area contributed by atoms with Crippen LogP contribution < -0.4 is 10.5 Å². The zero-order valence-corrected chi connectivity index (χ0v) is 12.7.